The highest BCUT2D eigenvalue weighted by atomic mass is 16.5. The van der Waals surface area contributed by atoms with Crippen molar-refractivity contribution in [2.24, 2.45) is 5.92 Å². The highest BCUT2D eigenvalue weighted by Crippen LogP contribution is 2.29. The molecule has 35 heavy (non-hydrogen) atoms. The van der Waals surface area contributed by atoms with Crippen LogP contribution in [0, 0.1) is 5.92 Å². The average Bonchev–Trinajstić information content (AvgIpc) is 2.91. The van der Waals surface area contributed by atoms with E-state index in [9.17, 15) is 14.4 Å². The lowest BCUT2D eigenvalue weighted by Gasteiger charge is -2.28. The molecule has 0 atom stereocenters. The molecule has 1 aliphatic rings. The molecule has 1 amide bonds. The van der Waals surface area contributed by atoms with Gasteiger partial charge in [0.15, 0.2) is 5.78 Å². The van der Waals surface area contributed by atoms with E-state index in [4.69, 9.17) is 4.74 Å². The summed E-state index contributed by atoms with van der Waals surface area (Å²) in [6.45, 7) is 2.37. The van der Waals surface area contributed by atoms with Crippen molar-refractivity contribution in [1.29, 1.82) is 0 Å². The summed E-state index contributed by atoms with van der Waals surface area (Å²) in [6, 6.07) is 20.9. The molecule has 5 heteroatoms. The number of fused-ring (bicyclic) bond motifs is 1. The van der Waals surface area contributed by atoms with Gasteiger partial charge in [0.25, 0.3) is 5.91 Å². The summed E-state index contributed by atoms with van der Waals surface area (Å²) in [4.78, 5) is 36.9. The number of carbonyl (C=O) groups is 3. The van der Waals surface area contributed by atoms with Gasteiger partial charge in [-0.2, -0.15) is 0 Å². The fourth-order valence-electron chi connectivity index (χ4n) is 4.73. The highest BCUT2D eigenvalue weighted by molar-refractivity contribution is 5.99. The molecule has 0 aliphatic heterocycles. The van der Waals surface area contributed by atoms with Gasteiger partial charge in [-0.15, -0.1) is 0 Å². The van der Waals surface area contributed by atoms with Gasteiger partial charge in [-0.1, -0.05) is 37.3 Å². The maximum Gasteiger partial charge on any atom is 0.251 e. The molecular formula is C30H33NO4. The molecule has 0 saturated heterocycles. The van der Waals surface area contributed by atoms with E-state index in [1.807, 2.05) is 61.5 Å². The average molecular weight is 472 g/mol. The van der Waals surface area contributed by atoms with Gasteiger partial charge in [0.2, 0.25) is 0 Å². The first-order valence-electron chi connectivity index (χ1n) is 12.6. The van der Waals surface area contributed by atoms with E-state index >= 15 is 0 Å². The minimum Gasteiger partial charge on any atom is -0.490 e. The number of ether oxygens (including phenoxy) is 1. The van der Waals surface area contributed by atoms with Crippen LogP contribution in [0.25, 0.3) is 10.8 Å². The number of carbonyl (C=O) groups excluding carboxylic acids is 3. The Hall–Kier alpha value is -3.47. The van der Waals surface area contributed by atoms with Crippen LogP contribution in [0.15, 0.2) is 66.7 Å². The molecule has 0 spiro atoms. The summed E-state index contributed by atoms with van der Waals surface area (Å²) in [7, 11) is 0. The van der Waals surface area contributed by atoms with E-state index in [1.54, 1.807) is 12.1 Å². The molecular weight excluding hydrogens is 438 g/mol. The van der Waals surface area contributed by atoms with Gasteiger partial charge < -0.3 is 10.1 Å². The molecule has 1 fully saturated rings. The summed E-state index contributed by atoms with van der Waals surface area (Å²) >= 11 is 0. The number of hydrogen-bond donors (Lipinski definition) is 1. The Morgan fingerprint density at radius 2 is 1.54 bits per heavy atom. The Bertz CT molecular complexity index is 1180. The second-order valence-corrected chi connectivity index (χ2v) is 9.28. The van der Waals surface area contributed by atoms with Crippen LogP contribution in [-0.2, 0) is 4.79 Å². The summed E-state index contributed by atoms with van der Waals surface area (Å²) in [5.41, 5.74) is 1.27. The zero-order valence-corrected chi connectivity index (χ0v) is 20.3. The number of ketones is 2. The molecule has 1 N–H and O–H groups in total. The molecule has 1 aliphatic carbocycles. The van der Waals surface area contributed by atoms with E-state index < -0.39 is 0 Å². The van der Waals surface area contributed by atoms with Crippen molar-refractivity contribution in [1.82, 2.24) is 5.32 Å². The van der Waals surface area contributed by atoms with Crippen LogP contribution in [-0.4, -0.2) is 30.1 Å². The second-order valence-electron chi connectivity index (χ2n) is 9.28. The van der Waals surface area contributed by atoms with Crippen LogP contribution in [0.4, 0.5) is 0 Å². The van der Waals surface area contributed by atoms with Crippen molar-refractivity contribution in [3.8, 4) is 5.75 Å². The molecule has 5 nitrogen and oxygen atoms in total. The lowest BCUT2D eigenvalue weighted by atomic mass is 9.84. The third-order valence-electron chi connectivity index (χ3n) is 6.83. The second kappa shape index (κ2) is 11.8. The minimum atomic E-state index is -0.127. The van der Waals surface area contributed by atoms with E-state index in [0.29, 0.717) is 42.7 Å². The fraction of sp³-hybridized carbons (Fsp3) is 0.367. The molecule has 4 rings (SSSR count). The molecule has 0 heterocycles. The molecule has 3 aromatic carbocycles. The SMILES string of the molecule is CCC(=O)C1CCC(Oc2ccc(C(=O)CCCNC(=O)c3ccc4ccccc4c3)cc2)CC1. The number of nitrogens with one attached hydrogen (secondary N) is 1. The van der Waals surface area contributed by atoms with Crippen molar-refractivity contribution < 1.29 is 19.1 Å². The zero-order chi connectivity index (χ0) is 24.6. The quantitative estimate of drug-likeness (QED) is 0.284. The van der Waals surface area contributed by atoms with Gasteiger partial charge in [0.05, 0.1) is 6.10 Å². The Kier molecular flexibility index (Phi) is 8.30. The standard InChI is InChI=1S/C30H33NO4/c1-2-28(32)22-11-15-26(16-12-22)35-27-17-13-23(14-18-27)29(33)8-5-19-31-30(34)25-10-9-21-6-3-4-7-24(21)20-25/h3-4,6-7,9-10,13-14,17-18,20,22,26H,2,5,8,11-12,15-16,19H2,1H3,(H,31,34). The van der Waals surface area contributed by atoms with Gasteiger partial charge in [-0.05, 0) is 79.3 Å². The van der Waals surface area contributed by atoms with Crippen LogP contribution in [0.5, 0.6) is 5.75 Å². The molecule has 3 aromatic rings. The summed E-state index contributed by atoms with van der Waals surface area (Å²) in [6.07, 6.45) is 5.26. The highest BCUT2D eigenvalue weighted by Gasteiger charge is 2.26. The zero-order valence-electron chi connectivity index (χ0n) is 20.3. The van der Waals surface area contributed by atoms with Gasteiger partial charge in [0, 0.05) is 36.4 Å². The number of benzene rings is 3. The number of rotatable bonds is 10. The first-order chi connectivity index (χ1) is 17.0. The number of Topliss-reactive ketones (excluding diaryl/α,β-unsaturated/α-hetero) is 2. The maximum atomic E-state index is 12.6. The topological polar surface area (TPSA) is 72.5 Å². The van der Waals surface area contributed by atoms with Crippen molar-refractivity contribution in [2.45, 2.75) is 58.0 Å². The number of hydrogen-bond acceptors (Lipinski definition) is 4. The number of amides is 1. The van der Waals surface area contributed by atoms with E-state index in [2.05, 4.69) is 5.32 Å². The molecule has 1 saturated carbocycles. The lowest BCUT2D eigenvalue weighted by Crippen LogP contribution is -2.27. The molecule has 182 valence electrons. The first kappa shape index (κ1) is 24.6. The molecule has 0 aromatic heterocycles. The summed E-state index contributed by atoms with van der Waals surface area (Å²) in [5, 5.41) is 5.04. The van der Waals surface area contributed by atoms with Crippen LogP contribution in [0.1, 0.15) is 72.6 Å². The molecule has 0 bridgehead atoms. The minimum absolute atomic E-state index is 0.0510. The van der Waals surface area contributed by atoms with Crippen LogP contribution in [0.2, 0.25) is 0 Å². The van der Waals surface area contributed by atoms with Crippen molar-refractivity contribution in [3.05, 3.63) is 77.9 Å². The lowest BCUT2D eigenvalue weighted by molar-refractivity contribution is -0.123. The Labute approximate surface area is 206 Å². The van der Waals surface area contributed by atoms with Gasteiger partial charge in [-0.3, -0.25) is 14.4 Å². The maximum absolute atomic E-state index is 12.6. The van der Waals surface area contributed by atoms with E-state index in [1.165, 1.54) is 0 Å². The van der Waals surface area contributed by atoms with Gasteiger partial charge in [-0.25, -0.2) is 0 Å². The van der Waals surface area contributed by atoms with E-state index in [-0.39, 0.29) is 23.7 Å². The normalized spacial score (nSPS) is 17.6. The predicted octanol–water partition coefficient (Wildman–Crippen LogP) is 6.15. The van der Waals surface area contributed by atoms with Crippen LogP contribution in [0.3, 0.4) is 0 Å². The fourth-order valence-corrected chi connectivity index (χ4v) is 4.73. The third kappa shape index (κ3) is 6.56. The summed E-state index contributed by atoms with van der Waals surface area (Å²) < 4.78 is 6.08. The summed E-state index contributed by atoms with van der Waals surface area (Å²) in [5.74, 6) is 1.24. The smallest absolute Gasteiger partial charge is 0.251 e. The Morgan fingerprint density at radius 3 is 2.26 bits per heavy atom. The van der Waals surface area contributed by atoms with Gasteiger partial charge >= 0.3 is 0 Å². The van der Waals surface area contributed by atoms with Crippen molar-refractivity contribution >= 4 is 28.2 Å². The third-order valence-corrected chi connectivity index (χ3v) is 6.83. The molecule has 0 unspecified atom stereocenters. The van der Waals surface area contributed by atoms with Crippen molar-refractivity contribution in [3.63, 3.8) is 0 Å². The van der Waals surface area contributed by atoms with Crippen LogP contribution < -0.4 is 10.1 Å². The first-order valence-corrected chi connectivity index (χ1v) is 12.6. The predicted molar refractivity (Wildman–Crippen MR) is 138 cm³/mol. The molecule has 0 radical (unpaired) electrons. The monoisotopic (exact) mass is 471 g/mol. The largest absolute Gasteiger partial charge is 0.490 e. The van der Waals surface area contributed by atoms with Crippen molar-refractivity contribution in [2.75, 3.05) is 6.54 Å². The van der Waals surface area contributed by atoms with Gasteiger partial charge in [0.1, 0.15) is 11.5 Å². The Balaban J connectivity index is 1.19. The van der Waals surface area contributed by atoms with E-state index in [0.717, 1.165) is 42.2 Å². The van der Waals surface area contributed by atoms with Crippen LogP contribution >= 0.6 is 0 Å². The Morgan fingerprint density at radius 1 is 0.857 bits per heavy atom.